The first-order chi connectivity index (χ1) is 12.3. The van der Waals surface area contributed by atoms with Gasteiger partial charge < -0.3 is 4.42 Å². The van der Waals surface area contributed by atoms with Gasteiger partial charge in [-0.2, -0.15) is 0 Å². The van der Waals surface area contributed by atoms with Crippen molar-refractivity contribution in [1.29, 1.82) is 0 Å². The van der Waals surface area contributed by atoms with E-state index in [9.17, 15) is 19.2 Å². The van der Waals surface area contributed by atoms with Crippen LogP contribution in [-0.4, -0.2) is 40.0 Å². The Labute approximate surface area is 150 Å². The Morgan fingerprint density at radius 3 is 2.19 bits per heavy atom. The molecule has 1 fully saturated rings. The average Bonchev–Trinajstić information content (AvgIpc) is 3.13. The van der Waals surface area contributed by atoms with E-state index in [0.717, 1.165) is 21.6 Å². The lowest BCUT2D eigenvalue weighted by Crippen LogP contribution is -2.37. The third kappa shape index (κ3) is 3.03. The van der Waals surface area contributed by atoms with Gasteiger partial charge in [-0.15, -0.1) is 0 Å². The first-order valence-electron chi connectivity index (χ1n) is 8.10. The second-order valence-electron chi connectivity index (χ2n) is 6.34. The number of amides is 4. The smallest absolute Gasteiger partial charge is 0.335 e. The summed E-state index contributed by atoms with van der Waals surface area (Å²) in [5.41, 5.74) is 3.02. The van der Waals surface area contributed by atoms with Gasteiger partial charge in [0.1, 0.15) is 5.76 Å². The number of aryl methyl sites for hydroxylation is 3. The van der Waals surface area contributed by atoms with Crippen molar-refractivity contribution in [3.63, 3.8) is 0 Å². The molecule has 7 nitrogen and oxygen atoms in total. The number of imide groups is 2. The highest BCUT2D eigenvalue weighted by Crippen LogP contribution is 2.20. The highest BCUT2D eigenvalue weighted by atomic mass is 16.3. The van der Waals surface area contributed by atoms with Gasteiger partial charge in [0.05, 0.1) is 19.4 Å². The van der Waals surface area contributed by atoms with E-state index in [2.05, 4.69) is 0 Å². The number of rotatable bonds is 5. The highest BCUT2D eigenvalue weighted by Gasteiger charge is 2.45. The molecule has 0 atom stereocenters. The van der Waals surface area contributed by atoms with Crippen LogP contribution in [0.15, 0.2) is 34.9 Å². The number of urea groups is 1. The van der Waals surface area contributed by atoms with E-state index in [1.807, 2.05) is 19.1 Å². The standard InChI is InChI=1S/C19H18N2O5/c1-11-7-12(2)16(13(3)8-11)15(22)10-21-18(24)17(23)20(19(21)25)9-14-5-4-6-26-14/h4-8H,9-10H2,1-3H3. The zero-order valence-corrected chi connectivity index (χ0v) is 14.7. The summed E-state index contributed by atoms with van der Waals surface area (Å²) in [6.45, 7) is 4.91. The van der Waals surface area contributed by atoms with Gasteiger partial charge >= 0.3 is 17.8 Å². The second-order valence-corrected chi connectivity index (χ2v) is 6.34. The van der Waals surface area contributed by atoms with Gasteiger partial charge in [-0.1, -0.05) is 17.7 Å². The van der Waals surface area contributed by atoms with Crippen LogP contribution >= 0.6 is 0 Å². The number of furan rings is 1. The molecule has 0 saturated carbocycles. The molecular formula is C19H18N2O5. The molecule has 0 N–H and O–H groups in total. The predicted molar refractivity (Wildman–Crippen MR) is 91.4 cm³/mol. The van der Waals surface area contributed by atoms with Crippen molar-refractivity contribution in [1.82, 2.24) is 9.80 Å². The number of carbonyl (C=O) groups is 4. The lowest BCUT2D eigenvalue weighted by molar-refractivity contribution is -0.143. The van der Waals surface area contributed by atoms with Crippen molar-refractivity contribution in [3.8, 4) is 0 Å². The zero-order chi connectivity index (χ0) is 19.0. The lowest BCUT2D eigenvalue weighted by Gasteiger charge is -2.16. The van der Waals surface area contributed by atoms with Gasteiger partial charge in [0.25, 0.3) is 0 Å². The average molecular weight is 354 g/mol. The number of hydrogen-bond donors (Lipinski definition) is 0. The molecule has 2 aromatic rings. The molecule has 1 aliphatic heterocycles. The van der Waals surface area contributed by atoms with E-state index in [4.69, 9.17) is 4.42 Å². The third-order valence-corrected chi connectivity index (χ3v) is 4.29. The number of hydrogen-bond acceptors (Lipinski definition) is 5. The summed E-state index contributed by atoms with van der Waals surface area (Å²) in [5, 5.41) is 0. The van der Waals surface area contributed by atoms with Gasteiger partial charge in [-0.25, -0.2) is 14.6 Å². The third-order valence-electron chi connectivity index (χ3n) is 4.29. The maximum Gasteiger partial charge on any atom is 0.335 e. The molecule has 0 radical (unpaired) electrons. The van der Waals surface area contributed by atoms with Gasteiger partial charge in [0, 0.05) is 5.56 Å². The van der Waals surface area contributed by atoms with Crippen molar-refractivity contribution >= 4 is 23.6 Å². The summed E-state index contributed by atoms with van der Waals surface area (Å²) in [6.07, 6.45) is 1.41. The Morgan fingerprint density at radius 2 is 1.62 bits per heavy atom. The number of carbonyl (C=O) groups excluding carboxylic acids is 4. The van der Waals surface area contributed by atoms with Crippen molar-refractivity contribution in [2.45, 2.75) is 27.3 Å². The number of nitrogens with zero attached hydrogens (tertiary/aromatic N) is 2. The van der Waals surface area contributed by atoms with Crippen LogP contribution in [0.5, 0.6) is 0 Å². The lowest BCUT2D eigenvalue weighted by atomic mass is 9.96. The quantitative estimate of drug-likeness (QED) is 0.467. The van der Waals surface area contributed by atoms with E-state index >= 15 is 0 Å². The molecule has 1 aromatic heterocycles. The van der Waals surface area contributed by atoms with Crippen LogP contribution in [0.2, 0.25) is 0 Å². The second kappa shape index (κ2) is 6.59. The van der Waals surface area contributed by atoms with Crippen LogP contribution < -0.4 is 0 Å². The summed E-state index contributed by atoms with van der Waals surface area (Å²) in [5.74, 6) is -1.97. The zero-order valence-electron chi connectivity index (χ0n) is 14.7. The summed E-state index contributed by atoms with van der Waals surface area (Å²) in [6, 6.07) is 6.13. The minimum Gasteiger partial charge on any atom is -0.467 e. The Hall–Kier alpha value is -3.22. The normalized spacial score (nSPS) is 14.5. The van der Waals surface area contributed by atoms with Crippen LogP contribution in [0.3, 0.4) is 0 Å². The molecule has 134 valence electrons. The minimum atomic E-state index is -1.00. The summed E-state index contributed by atoms with van der Waals surface area (Å²) in [7, 11) is 0. The first-order valence-corrected chi connectivity index (χ1v) is 8.10. The molecule has 0 bridgehead atoms. The van der Waals surface area contributed by atoms with Gasteiger partial charge in [-0.05, 0) is 44.0 Å². The summed E-state index contributed by atoms with van der Waals surface area (Å²) in [4.78, 5) is 50.9. The molecule has 7 heteroatoms. The molecule has 26 heavy (non-hydrogen) atoms. The minimum absolute atomic E-state index is 0.149. The monoisotopic (exact) mass is 354 g/mol. The molecule has 0 spiro atoms. The molecule has 0 aliphatic carbocycles. The van der Waals surface area contributed by atoms with E-state index in [1.54, 1.807) is 26.0 Å². The van der Waals surface area contributed by atoms with E-state index in [-0.39, 0.29) is 12.3 Å². The topological polar surface area (TPSA) is 87.9 Å². The predicted octanol–water partition coefficient (Wildman–Crippen LogP) is 2.38. The maximum atomic E-state index is 12.7. The first kappa shape index (κ1) is 17.6. The van der Waals surface area contributed by atoms with E-state index in [0.29, 0.717) is 16.2 Å². The van der Waals surface area contributed by atoms with Crippen LogP contribution in [-0.2, 0) is 16.1 Å². The fraction of sp³-hybridized carbons (Fsp3) is 0.263. The molecule has 2 heterocycles. The van der Waals surface area contributed by atoms with Crippen molar-refractivity contribution in [3.05, 3.63) is 58.5 Å². The van der Waals surface area contributed by atoms with Crippen molar-refractivity contribution < 1.29 is 23.6 Å². The van der Waals surface area contributed by atoms with Crippen LogP contribution in [0.4, 0.5) is 4.79 Å². The Bertz CT molecular complexity index is 891. The van der Waals surface area contributed by atoms with Crippen molar-refractivity contribution in [2.75, 3.05) is 6.54 Å². The summed E-state index contributed by atoms with van der Waals surface area (Å²) < 4.78 is 5.11. The molecule has 1 saturated heterocycles. The maximum absolute atomic E-state index is 12.7. The molecule has 0 unspecified atom stereocenters. The number of Topliss-reactive ketones (excluding diaryl/α,β-unsaturated/α-hetero) is 1. The molecule has 1 aromatic carbocycles. The van der Waals surface area contributed by atoms with Crippen LogP contribution in [0.1, 0.15) is 32.8 Å². The number of ketones is 1. The Morgan fingerprint density at radius 1 is 1.00 bits per heavy atom. The fourth-order valence-electron chi connectivity index (χ4n) is 3.23. The molecule has 3 rings (SSSR count). The molecule has 4 amide bonds. The Kier molecular flexibility index (Phi) is 4.46. The van der Waals surface area contributed by atoms with Gasteiger partial charge in [-0.3, -0.25) is 14.4 Å². The van der Waals surface area contributed by atoms with Crippen LogP contribution in [0, 0.1) is 20.8 Å². The number of benzene rings is 1. The van der Waals surface area contributed by atoms with Crippen LogP contribution in [0.25, 0.3) is 0 Å². The largest absolute Gasteiger partial charge is 0.467 e. The van der Waals surface area contributed by atoms with Gasteiger partial charge in [0.2, 0.25) is 0 Å². The SMILES string of the molecule is Cc1cc(C)c(C(=O)CN2C(=O)C(=O)N(Cc3ccco3)C2=O)c(C)c1. The highest BCUT2D eigenvalue weighted by molar-refractivity contribution is 6.45. The van der Waals surface area contributed by atoms with E-state index in [1.165, 1.54) is 6.26 Å². The van der Waals surface area contributed by atoms with E-state index < -0.39 is 24.4 Å². The molecule has 1 aliphatic rings. The van der Waals surface area contributed by atoms with Crippen molar-refractivity contribution in [2.24, 2.45) is 0 Å². The van der Waals surface area contributed by atoms with Gasteiger partial charge in [0.15, 0.2) is 5.78 Å². The fourth-order valence-corrected chi connectivity index (χ4v) is 3.23. The summed E-state index contributed by atoms with van der Waals surface area (Å²) >= 11 is 0. The Balaban J connectivity index is 1.81. The molecular weight excluding hydrogens is 336 g/mol.